The van der Waals surface area contributed by atoms with Crippen molar-refractivity contribution in [2.45, 2.75) is 40.0 Å². The van der Waals surface area contributed by atoms with E-state index in [4.69, 9.17) is 5.73 Å². The highest BCUT2D eigenvalue weighted by Crippen LogP contribution is 2.31. The van der Waals surface area contributed by atoms with Crippen LogP contribution in [-0.2, 0) is 0 Å². The second-order valence-corrected chi connectivity index (χ2v) is 5.83. The lowest BCUT2D eigenvalue weighted by Gasteiger charge is -2.31. The first-order valence-electron chi connectivity index (χ1n) is 6.41. The molecule has 0 aromatic carbocycles. The topological polar surface area (TPSA) is 29.3 Å². The minimum atomic E-state index is 0.385. The Kier molecular flexibility index (Phi) is 7.69. The molecule has 0 rings (SSSR count). The summed E-state index contributed by atoms with van der Waals surface area (Å²) < 4.78 is 0. The Hall–Kier alpha value is -0.340. The predicted octanol–water partition coefficient (Wildman–Crippen LogP) is 2.90. The Balaban J connectivity index is 3.89. The summed E-state index contributed by atoms with van der Waals surface area (Å²) in [5, 5.41) is 0. The average molecular weight is 226 g/mol. The Morgan fingerprint density at radius 3 is 2.38 bits per heavy atom. The number of nitrogens with two attached hydrogens (primary N) is 1. The molecule has 0 spiro atoms. The van der Waals surface area contributed by atoms with Gasteiger partial charge in [0.15, 0.2) is 0 Å². The lowest BCUT2D eigenvalue weighted by Crippen LogP contribution is -2.25. The first kappa shape index (κ1) is 15.7. The Morgan fingerprint density at radius 2 is 1.94 bits per heavy atom. The first-order valence-corrected chi connectivity index (χ1v) is 6.41. The fourth-order valence-corrected chi connectivity index (χ4v) is 2.13. The minimum absolute atomic E-state index is 0.385. The molecule has 2 nitrogen and oxygen atoms in total. The third-order valence-electron chi connectivity index (χ3n) is 3.27. The monoisotopic (exact) mass is 226 g/mol. The second-order valence-electron chi connectivity index (χ2n) is 5.83. The van der Waals surface area contributed by atoms with Crippen molar-refractivity contribution in [1.29, 1.82) is 0 Å². The summed E-state index contributed by atoms with van der Waals surface area (Å²) in [6.45, 7) is 13.7. The van der Waals surface area contributed by atoms with Gasteiger partial charge in [-0.1, -0.05) is 26.8 Å². The van der Waals surface area contributed by atoms with Crippen LogP contribution in [0.5, 0.6) is 0 Å². The van der Waals surface area contributed by atoms with E-state index >= 15 is 0 Å². The van der Waals surface area contributed by atoms with E-state index in [9.17, 15) is 0 Å². The van der Waals surface area contributed by atoms with Crippen molar-refractivity contribution in [3.63, 3.8) is 0 Å². The molecule has 0 saturated heterocycles. The molecule has 0 radical (unpaired) electrons. The van der Waals surface area contributed by atoms with E-state index in [1.54, 1.807) is 0 Å². The Bertz CT molecular complexity index is 182. The van der Waals surface area contributed by atoms with Gasteiger partial charge in [-0.15, -0.1) is 6.58 Å². The number of likely N-dealkylation sites (N-methyl/N-ethyl adjacent to an activating group) is 1. The molecule has 0 saturated carbocycles. The average Bonchev–Trinajstić information content (AvgIpc) is 2.15. The second kappa shape index (κ2) is 7.86. The zero-order chi connectivity index (χ0) is 12.6. The van der Waals surface area contributed by atoms with Crippen LogP contribution in [0.4, 0.5) is 0 Å². The smallest absolute Gasteiger partial charge is 0.0157 e. The maximum Gasteiger partial charge on any atom is 0.0157 e. The number of hydrogen-bond donors (Lipinski definition) is 1. The normalized spacial score (nSPS) is 14.1. The van der Waals surface area contributed by atoms with Crippen LogP contribution in [0.1, 0.15) is 40.0 Å². The van der Waals surface area contributed by atoms with Crippen LogP contribution in [0, 0.1) is 11.3 Å². The van der Waals surface area contributed by atoms with E-state index in [2.05, 4.69) is 39.3 Å². The van der Waals surface area contributed by atoms with Gasteiger partial charge in [-0.25, -0.2) is 0 Å². The van der Waals surface area contributed by atoms with Crippen molar-refractivity contribution in [3.8, 4) is 0 Å². The van der Waals surface area contributed by atoms with Gasteiger partial charge in [0.25, 0.3) is 0 Å². The molecule has 0 aliphatic rings. The third-order valence-corrected chi connectivity index (χ3v) is 3.27. The molecule has 0 aliphatic heterocycles. The van der Waals surface area contributed by atoms with Crippen LogP contribution in [-0.4, -0.2) is 31.6 Å². The molecule has 0 fully saturated rings. The first-order chi connectivity index (χ1) is 7.41. The Labute approximate surface area is 102 Å². The quantitative estimate of drug-likeness (QED) is 0.645. The minimum Gasteiger partial charge on any atom is -0.330 e. The van der Waals surface area contributed by atoms with Crippen molar-refractivity contribution >= 4 is 0 Å². The Morgan fingerprint density at radius 1 is 1.31 bits per heavy atom. The third kappa shape index (κ3) is 7.02. The van der Waals surface area contributed by atoms with Gasteiger partial charge in [0.05, 0.1) is 0 Å². The molecular weight excluding hydrogens is 196 g/mol. The van der Waals surface area contributed by atoms with Gasteiger partial charge in [0.1, 0.15) is 0 Å². The highest BCUT2D eigenvalue weighted by Gasteiger charge is 2.23. The van der Waals surface area contributed by atoms with Crippen molar-refractivity contribution in [2.75, 3.05) is 26.7 Å². The van der Waals surface area contributed by atoms with E-state index < -0.39 is 0 Å². The molecule has 16 heavy (non-hydrogen) atoms. The molecule has 0 heterocycles. The summed E-state index contributed by atoms with van der Waals surface area (Å²) >= 11 is 0. The van der Waals surface area contributed by atoms with Gasteiger partial charge in [0, 0.05) is 6.54 Å². The molecule has 0 aliphatic carbocycles. The number of hydrogen-bond acceptors (Lipinski definition) is 2. The highest BCUT2D eigenvalue weighted by molar-refractivity contribution is 4.76. The summed E-state index contributed by atoms with van der Waals surface area (Å²) in [4.78, 5) is 2.31. The van der Waals surface area contributed by atoms with Crippen LogP contribution >= 0.6 is 0 Å². The van der Waals surface area contributed by atoms with Crippen molar-refractivity contribution in [2.24, 2.45) is 17.1 Å². The zero-order valence-corrected chi connectivity index (χ0v) is 11.6. The fraction of sp³-hybridized carbons (Fsp3) is 0.857. The molecule has 96 valence electrons. The number of nitrogens with zero attached hydrogens (tertiary/aromatic N) is 1. The summed E-state index contributed by atoms with van der Waals surface area (Å²) in [6.07, 6.45) is 5.64. The molecule has 0 aromatic rings. The predicted molar refractivity (Wildman–Crippen MR) is 73.5 cm³/mol. The zero-order valence-electron chi connectivity index (χ0n) is 11.6. The SMILES string of the molecule is C=CCN(C)CCCC(CCN)C(C)(C)C. The molecule has 1 atom stereocenters. The summed E-state index contributed by atoms with van der Waals surface area (Å²) in [6, 6.07) is 0. The largest absolute Gasteiger partial charge is 0.330 e. The van der Waals surface area contributed by atoms with E-state index in [0.29, 0.717) is 5.41 Å². The summed E-state index contributed by atoms with van der Waals surface area (Å²) in [5.74, 6) is 0.745. The van der Waals surface area contributed by atoms with Gasteiger partial charge in [-0.05, 0) is 50.7 Å². The van der Waals surface area contributed by atoms with Crippen LogP contribution in [0.2, 0.25) is 0 Å². The fourth-order valence-electron chi connectivity index (χ4n) is 2.13. The van der Waals surface area contributed by atoms with Crippen LogP contribution in [0.25, 0.3) is 0 Å². The molecule has 0 amide bonds. The molecular formula is C14H30N2. The van der Waals surface area contributed by atoms with Gasteiger partial charge in [0.2, 0.25) is 0 Å². The van der Waals surface area contributed by atoms with E-state index in [0.717, 1.165) is 32.0 Å². The van der Waals surface area contributed by atoms with Gasteiger partial charge < -0.3 is 10.6 Å². The lowest BCUT2D eigenvalue weighted by atomic mass is 9.76. The number of rotatable bonds is 8. The van der Waals surface area contributed by atoms with Crippen LogP contribution in [0.15, 0.2) is 12.7 Å². The molecule has 0 aromatic heterocycles. The van der Waals surface area contributed by atoms with E-state index in [-0.39, 0.29) is 0 Å². The van der Waals surface area contributed by atoms with Crippen LogP contribution in [0.3, 0.4) is 0 Å². The molecule has 2 N–H and O–H groups in total. The summed E-state index contributed by atoms with van der Waals surface area (Å²) in [7, 11) is 2.15. The van der Waals surface area contributed by atoms with Crippen LogP contribution < -0.4 is 5.73 Å². The highest BCUT2D eigenvalue weighted by atomic mass is 15.1. The maximum atomic E-state index is 5.68. The molecule has 1 unspecified atom stereocenters. The van der Waals surface area contributed by atoms with Gasteiger partial charge in [-0.2, -0.15) is 0 Å². The lowest BCUT2D eigenvalue weighted by molar-refractivity contribution is 0.202. The van der Waals surface area contributed by atoms with Gasteiger partial charge >= 0.3 is 0 Å². The van der Waals surface area contributed by atoms with E-state index in [1.807, 2.05) is 6.08 Å². The summed E-state index contributed by atoms with van der Waals surface area (Å²) in [5.41, 5.74) is 6.07. The van der Waals surface area contributed by atoms with Gasteiger partial charge in [-0.3, -0.25) is 0 Å². The maximum absolute atomic E-state index is 5.68. The molecule has 2 heteroatoms. The van der Waals surface area contributed by atoms with E-state index in [1.165, 1.54) is 12.8 Å². The van der Waals surface area contributed by atoms with Crippen molar-refractivity contribution < 1.29 is 0 Å². The standard InChI is InChI=1S/C14H30N2/c1-6-11-16(5)12-7-8-13(9-10-15)14(2,3)4/h6,13H,1,7-12,15H2,2-5H3. The van der Waals surface area contributed by atoms with Crippen molar-refractivity contribution in [3.05, 3.63) is 12.7 Å². The van der Waals surface area contributed by atoms with Crippen molar-refractivity contribution in [1.82, 2.24) is 4.90 Å². The molecule has 0 bridgehead atoms.